The average Bonchev–Trinajstić information content (AvgIpc) is 3.59. The highest BCUT2D eigenvalue weighted by Crippen LogP contribution is 2.54. The Morgan fingerprint density at radius 1 is 1.19 bits per heavy atom. The van der Waals surface area contributed by atoms with E-state index in [9.17, 15) is 9.59 Å². The predicted molar refractivity (Wildman–Crippen MR) is 96.5 cm³/mol. The molecule has 2 saturated carbocycles. The molecule has 0 bridgehead atoms. The van der Waals surface area contributed by atoms with Crippen LogP contribution in [0, 0.1) is 11.3 Å². The lowest BCUT2D eigenvalue weighted by Crippen LogP contribution is -2.42. The number of nitrogens with one attached hydrogen (secondary N) is 2. The van der Waals surface area contributed by atoms with Crippen LogP contribution >= 0.6 is 0 Å². The third-order valence-electron chi connectivity index (χ3n) is 6.25. The summed E-state index contributed by atoms with van der Waals surface area (Å²) in [7, 11) is 0. The van der Waals surface area contributed by atoms with E-state index in [1.54, 1.807) is 6.07 Å². The second-order valence-corrected chi connectivity index (χ2v) is 7.97. The van der Waals surface area contributed by atoms with Crippen LogP contribution in [-0.4, -0.2) is 56.5 Å². The van der Waals surface area contributed by atoms with Crippen molar-refractivity contribution in [2.75, 3.05) is 13.1 Å². The summed E-state index contributed by atoms with van der Waals surface area (Å²) >= 11 is 0. The maximum Gasteiger partial charge on any atom is 0.252 e. The number of carbonyl (C=O) groups is 2. The van der Waals surface area contributed by atoms with Crippen molar-refractivity contribution in [3.8, 4) is 11.4 Å². The van der Waals surface area contributed by atoms with Gasteiger partial charge in [0.15, 0.2) is 0 Å². The van der Waals surface area contributed by atoms with Crippen molar-refractivity contribution >= 4 is 11.8 Å². The first-order valence-corrected chi connectivity index (χ1v) is 9.59. The molecule has 2 N–H and O–H groups in total. The number of carbonyl (C=O) groups excluding carboxylic acids is 2. The molecule has 2 aromatic rings. The first-order chi connectivity index (χ1) is 13.2. The molecule has 5 rings (SSSR count). The molecule has 0 radical (unpaired) electrons. The van der Waals surface area contributed by atoms with Gasteiger partial charge in [0.1, 0.15) is 0 Å². The van der Waals surface area contributed by atoms with Gasteiger partial charge >= 0.3 is 0 Å². The third-order valence-corrected chi connectivity index (χ3v) is 6.25. The Morgan fingerprint density at radius 2 is 1.96 bits per heavy atom. The lowest BCUT2D eigenvalue weighted by molar-refractivity contribution is -0.134. The summed E-state index contributed by atoms with van der Waals surface area (Å²) < 4.78 is 0. The number of piperidine rings is 1. The number of aromatic nitrogens is 4. The number of hydrogen-bond donors (Lipinski definition) is 2. The maximum absolute atomic E-state index is 12.8. The van der Waals surface area contributed by atoms with Crippen LogP contribution in [0.25, 0.3) is 11.4 Å². The molecule has 1 atom stereocenters. The van der Waals surface area contributed by atoms with E-state index in [0.717, 1.165) is 45.2 Å². The predicted octanol–water partition coefficient (Wildman–Crippen LogP) is 1.39. The molecule has 1 spiro atoms. The quantitative estimate of drug-likeness (QED) is 0.851. The highest BCUT2D eigenvalue weighted by molar-refractivity contribution is 6.00. The van der Waals surface area contributed by atoms with Crippen molar-refractivity contribution in [1.29, 1.82) is 0 Å². The van der Waals surface area contributed by atoms with Crippen LogP contribution in [0.2, 0.25) is 0 Å². The third kappa shape index (κ3) is 2.98. The van der Waals surface area contributed by atoms with E-state index in [0.29, 0.717) is 22.9 Å². The van der Waals surface area contributed by atoms with Gasteiger partial charge in [-0.25, -0.2) is 0 Å². The molecule has 8 nitrogen and oxygen atoms in total. The lowest BCUT2D eigenvalue weighted by atomic mass is 9.92. The fourth-order valence-corrected chi connectivity index (χ4v) is 4.25. The van der Waals surface area contributed by atoms with E-state index in [4.69, 9.17) is 0 Å². The van der Waals surface area contributed by atoms with Gasteiger partial charge in [0.25, 0.3) is 5.91 Å². The van der Waals surface area contributed by atoms with Gasteiger partial charge in [-0.2, -0.15) is 5.21 Å². The number of hydrogen-bond acceptors (Lipinski definition) is 5. The fraction of sp³-hybridized carbons (Fsp3) is 0.526. The highest BCUT2D eigenvalue weighted by atomic mass is 16.2. The molecule has 1 saturated heterocycles. The molecule has 2 aliphatic carbocycles. The van der Waals surface area contributed by atoms with Crippen molar-refractivity contribution in [2.45, 2.75) is 38.1 Å². The Morgan fingerprint density at radius 3 is 2.67 bits per heavy atom. The molecule has 1 unspecified atom stereocenters. The molecule has 8 heteroatoms. The second-order valence-electron chi connectivity index (χ2n) is 7.97. The Bertz CT molecular complexity index is 868. The zero-order valence-corrected chi connectivity index (χ0v) is 15.0. The SMILES string of the molecule is O=C(NC1CC12CCN(C(=O)C1CC1)CC2)c1ccccc1-c1nn[nH]n1. The Balaban J connectivity index is 1.23. The standard InChI is InChI=1S/C19H22N6O2/c26-17(14-4-2-1-3-13(14)16-21-23-24-22-16)20-15-11-19(15)7-9-25(10-8-19)18(27)12-5-6-12/h1-4,12,15H,5-11H2,(H,20,26)(H,21,22,23,24). The molecule has 140 valence electrons. The lowest BCUT2D eigenvalue weighted by Gasteiger charge is -2.33. The number of aromatic amines is 1. The number of rotatable bonds is 4. The summed E-state index contributed by atoms with van der Waals surface area (Å²) in [6.07, 6.45) is 5.05. The van der Waals surface area contributed by atoms with Gasteiger partial charge < -0.3 is 10.2 Å². The van der Waals surface area contributed by atoms with Crippen LogP contribution in [-0.2, 0) is 4.79 Å². The van der Waals surface area contributed by atoms with Crippen molar-refractivity contribution in [3.05, 3.63) is 29.8 Å². The number of tetrazole rings is 1. The zero-order chi connectivity index (χ0) is 18.4. The summed E-state index contributed by atoms with van der Waals surface area (Å²) in [6.45, 7) is 1.64. The largest absolute Gasteiger partial charge is 0.349 e. The summed E-state index contributed by atoms with van der Waals surface area (Å²) in [5, 5.41) is 17.2. The molecular weight excluding hydrogens is 344 g/mol. The van der Waals surface area contributed by atoms with E-state index < -0.39 is 0 Å². The van der Waals surface area contributed by atoms with Crippen LogP contribution in [0.3, 0.4) is 0 Å². The summed E-state index contributed by atoms with van der Waals surface area (Å²) in [5.41, 5.74) is 1.39. The summed E-state index contributed by atoms with van der Waals surface area (Å²) in [4.78, 5) is 27.1. The highest BCUT2D eigenvalue weighted by Gasteiger charge is 2.56. The van der Waals surface area contributed by atoms with E-state index in [-0.39, 0.29) is 23.3 Å². The van der Waals surface area contributed by atoms with Gasteiger partial charge in [-0.15, -0.1) is 10.2 Å². The minimum Gasteiger partial charge on any atom is -0.349 e. The minimum atomic E-state index is -0.103. The molecule has 2 heterocycles. The van der Waals surface area contributed by atoms with Crippen LogP contribution in [0.5, 0.6) is 0 Å². The average molecular weight is 366 g/mol. The molecule has 27 heavy (non-hydrogen) atoms. The first kappa shape index (κ1) is 16.4. The van der Waals surface area contributed by atoms with Gasteiger partial charge in [-0.05, 0) is 48.8 Å². The number of amides is 2. The smallest absolute Gasteiger partial charge is 0.252 e. The maximum atomic E-state index is 12.8. The van der Waals surface area contributed by atoms with E-state index in [2.05, 4.69) is 25.9 Å². The fourth-order valence-electron chi connectivity index (χ4n) is 4.25. The van der Waals surface area contributed by atoms with E-state index in [1.165, 1.54) is 0 Å². The van der Waals surface area contributed by atoms with Gasteiger partial charge in [0.2, 0.25) is 11.7 Å². The second kappa shape index (κ2) is 6.14. The van der Waals surface area contributed by atoms with Gasteiger partial charge in [0, 0.05) is 30.6 Å². The van der Waals surface area contributed by atoms with E-state index in [1.807, 2.05) is 23.1 Å². The molecular formula is C19H22N6O2. The number of likely N-dealkylation sites (tertiary alicyclic amines) is 1. The molecule has 1 aliphatic heterocycles. The normalized spacial score (nSPS) is 23.3. The zero-order valence-electron chi connectivity index (χ0n) is 15.0. The van der Waals surface area contributed by atoms with Gasteiger partial charge in [-0.1, -0.05) is 18.2 Å². The Kier molecular flexibility index (Phi) is 3.73. The van der Waals surface area contributed by atoms with Crippen molar-refractivity contribution in [3.63, 3.8) is 0 Å². The molecule has 3 fully saturated rings. The van der Waals surface area contributed by atoms with Gasteiger partial charge in [0.05, 0.1) is 5.56 Å². The van der Waals surface area contributed by atoms with Crippen LogP contribution in [0.4, 0.5) is 0 Å². The van der Waals surface area contributed by atoms with Crippen molar-refractivity contribution < 1.29 is 9.59 Å². The molecule has 3 aliphatic rings. The topological polar surface area (TPSA) is 104 Å². The minimum absolute atomic E-state index is 0.103. The number of nitrogens with zero attached hydrogens (tertiary/aromatic N) is 4. The summed E-state index contributed by atoms with van der Waals surface area (Å²) in [5.74, 6) is 0.933. The first-order valence-electron chi connectivity index (χ1n) is 9.59. The van der Waals surface area contributed by atoms with Gasteiger partial charge in [-0.3, -0.25) is 9.59 Å². The van der Waals surface area contributed by atoms with Crippen molar-refractivity contribution in [1.82, 2.24) is 30.8 Å². The Labute approximate surface area is 156 Å². The van der Waals surface area contributed by atoms with Crippen LogP contribution in [0.15, 0.2) is 24.3 Å². The number of H-pyrrole nitrogens is 1. The summed E-state index contributed by atoms with van der Waals surface area (Å²) in [6, 6.07) is 7.48. The van der Waals surface area contributed by atoms with Crippen LogP contribution in [0.1, 0.15) is 42.5 Å². The van der Waals surface area contributed by atoms with Crippen molar-refractivity contribution in [2.24, 2.45) is 11.3 Å². The van der Waals surface area contributed by atoms with E-state index >= 15 is 0 Å². The molecule has 1 aromatic carbocycles. The number of benzene rings is 1. The Hall–Kier alpha value is -2.77. The molecule has 1 aromatic heterocycles. The monoisotopic (exact) mass is 366 g/mol. The van der Waals surface area contributed by atoms with Crippen LogP contribution < -0.4 is 5.32 Å². The molecule has 2 amide bonds.